The molecule has 4 fully saturated rings. The first-order chi connectivity index (χ1) is 27.7. The van der Waals surface area contributed by atoms with Gasteiger partial charge in [0, 0.05) is 86.5 Å². The lowest BCUT2D eigenvalue weighted by atomic mass is 9.72. The van der Waals surface area contributed by atoms with Crippen LogP contribution in [-0.2, 0) is 15.9 Å². The minimum atomic E-state index is -4.60. The lowest BCUT2D eigenvalue weighted by molar-refractivity contribution is -0.153. The number of anilines is 1. The number of alkyl halides is 3. The van der Waals surface area contributed by atoms with Crippen LogP contribution in [0.4, 0.5) is 23.8 Å². The van der Waals surface area contributed by atoms with E-state index in [9.17, 15) is 23.2 Å². The first-order valence-electron chi connectivity index (χ1n) is 20.6. The van der Waals surface area contributed by atoms with Crippen molar-refractivity contribution in [1.82, 2.24) is 29.5 Å². The van der Waals surface area contributed by atoms with Crippen molar-refractivity contribution in [2.45, 2.75) is 103 Å². The molecule has 8 rings (SSSR count). The third-order valence-corrected chi connectivity index (χ3v) is 12.1. The number of aromatic nitrogens is 4. The second-order valence-electron chi connectivity index (χ2n) is 17.6. The molecule has 0 bridgehead atoms. The molecule has 1 amide bonds. The lowest BCUT2D eigenvalue weighted by Gasteiger charge is -2.53. The molecule has 0 radical (unpaired) electrons. The number of fused-ring (bicyclic) bond motifs is 2. The maximum Gasteiger partial charge on any atom is 0.422 e. The van der Waals surface area contributed by atoms with Gasteiger partial charge in [-0.1, -0.05) is 13.0 Å². The standard InChI is InChI=1S/C43H53F3N8O4/c1-6-28-20-30-36(37(57-26-43(44,45)46)35(28)34-27(2)11-12-32-31(34)21-48-54(32)33-10-7-8-19-56-33)49-38(29-22-51(23-29)16-9-15-47)50-39(30)52-17-13-42(14-18-52)24-53(25-42)40(55)58-41(3,4)5/h11-12,20-21,29,33H,6-10,13-14,16-19,22-26H2,1-5H3. The predicted molar refractivity (Wildman–Crippen MR) is 214 cm³/mol. The molecule has 58 heavy (non-hydrogen) atoms. The van der Waals surface area contributed by atoms with Gasteiger partial charge in [-0.15, -0.1) is 0 Å². The Kier molecular flexibility index (Phi) is 10.7. The van der Waals surface area contributed by atoms with Crippen LogP contribution in [0.25, 0.3) is 32.9 Å². The Morgan fingerprint density at radius 3 is 2.48 bits per heavy atom. The topological polar surface area (TPSA) is 122 Å². The largest absolute Gasteiger partial charge is 0.481 e. The van der Waals surface area contributed by atoms with E-state index >= 15 is 0 Å². The van der Waals surface area contributed by atoms with E-state index in [1.54, 1.807) is 11.1 Å². The van der Waals surface area contributed by atoms with E-state index in [-0.39, 0.29) is 29.4 Å². The van der Waals surface area contributed by atoms with Gasteiger partial charge >= 0.3 is 12.3 Å². The molecule has 6 heterocycles. The van der Waals surface area contributed by atoms with E-state index in [4.69, 9.17) is 29.3 Å². The minimum Gasteiger partial charge on any atom is -0.481 e. The Bertz CT molecular complexity index is 2220. The fourth-order valence-corrected chi connectivity index (χ4v) is 9.12. The maximum absolute atomic E-state index is 14.2. The molecule has 4 saturated heterocycles. The van der Waals surface area contributed by atoms with Gasteiger partial charge in [-0.2, -0.15) is 23.5 Å². The van der Waals surface area contributed by atoms with Crippen LogP contribution in [0.2, 0.25) is 0 Å². The van der Waals surface area contributed by atoms with E-state index in [1.165, 1.54) is 0 Å². The highest BCUT2D eigenvalue weighted by molar-refractivity contribution is 6.05. The number of hydrogen-bond acceptors (Lipinski definition) is 10. The number of likely N-dealkylation sites (tertiary alicyclic amines) is 2. The van der Waals surface area contributed by atoms with Crippen LogP contribution >= 0.6 is 0 Å². The number of aryl methyl sites for hydroxylation is 2. The van der Waals surface area contributed by atoms with Crippen LogP contribution in [-0.4, -0.2) is 106 Å². The molecule has 1 atom stereocenters. The first kappa shape index (κ1) is 40.1. The monoisotopic (exact) mass is 802 g/mol. The van der Waals surface area contributed by atoms with Gasteiger partial charge in [0.05, 0.1) is 17.8 Å². The summed E-state index contributed by atoms with van der Waals surface area (Å²) in [6.45, 7) is 13.2. The fraction of sp³-hybridized carbons (Fsp3) is 0.605. The molecule has 15 heteroatoms. The highest BCUT2D eigenvalue weighted by Gasteiger charge is 2.48. The van der Waals surface area contributed by atoms with Gasteiger partial charge in [-0.25, -0.2) is 19.4 Å². The average Bonchev–Trinajstić information content (AvgIpc) is 3.58. The Labute approximate surface area is 337 Å². The summed E-state index contributed by atoms with van der Waals surface area (Å²) in [5.41, 5.74) is 3.66. The van der Waals surface area contributed by atoms with Crippen molar-refractivity contribution < 1.29 is 32.2 Å². The van der Waals surface area contributed by atoms with Crippen molar-refractivity contribution in [2.75, 3.05) is 63.9 Å². The molecule has 12 nitrogen and oxygen atoms in total. The molecule has 1 spiro atoms. The van der Waals surface area contributed by atoms with Gasteiger partial charge in [0.15, 0.2) is 18.6 Å². The zero-order valence-corrected chi connectivity index (χ0v) is 34.1. The Morgan fingerprint density at radius 2 is 1.83 bits per heavy atom. The third-order valence-electron chi connectivity index (χ3n) is 12.1. The molecule has 0 aliphatic carbocycles. The number of halogens is 3. The van der Waals surface area contributed by atoms with Crippen molar-refractivity contribution in [3.63, 3.8) is 0 Å². The average molecular weight is 803 g/mol. The maximum atomic E-state index is 14.2. The number of carbonyl (C=O) groups excluding carboxylic acids is 1. The van der Waals surface area contributed by atoms with Gasteiger partial charge < -0.3 is 28.9 Å². The number of hydrogen-bond donors (Lipinski definition) is 0. The minimum absolute atomic E-state index is 0.0275. The number of rotatable bonds is 9. The summed E-state index contributed by atoms with van der Waals surface area (Å²) in [6, 6.07) is 8.25. The van der Waals surface area contributed by atoms with Crippen LogP contribution in [0.1, 0.15) is 95.3 Å². The van der Waals surface area contributed by atoms with Gasteiger partial charge in [-0.3, -0.25) is 0 Å². The van der Waals surface area contributed by atoms with Crippen LogP contribution in [0.5, 0.6) is 5.75 Å². The zero-order valence-electron chi connectivity index (χ0n) is 34.1. The number of piperidine rings is 1. The van der Waals surface area contributed by atoms with Crippen LogP contribution in [0.3, 0.4) is 0 Å². The van der Waals surface area contributed by atoms with Crippen LogP contribution < -0.4 is 9.64 Å². The molecular weight excluding hydrogens is 750 g/mol. The summed E-state index contributed by atoms with van der Waals surface area (Å²) in [6.07, 6.45) is 2.09. The summed E-state index contributed by atoms with van der Waals surface area (Å²) in [5.74, 6) is 1.27. The van der Waals surface area contributed by atoms with Gasteiger partial charge in [0.2, 0.25) is 0 Å². The second kappa shape index (κ2) is 15.5. The van der Waals surface area contributed by atoms with Crippen molar-refractivity contribution in [2.24, 2.45) is 5.41 Å². The van der Waals surface area contributed by atoms with Crippen LogP contribution in [0, 0.1) is 23.7 Å². The van der Waals surface area contributed by atoms with Gasteiger partial charge in [0.1, 0.15) is 22.8 Å². The molecule has 2 aromatic heterocycles. The normalized spacial score (nSPS) is 20.3. The van der Waals surface area contributed by atoms with Crippen molar-refractivity contribution in [3.05, 3.63) is 41.3 Å². The van der Waals surface area contributed by atoms with Gasteiger partial charge in [-0.05, 0) is 95.0 Å². The molecule has 0 N–H and O–H groups in total. The van der Waals surface area contributed by atoms with E-state index < -0.39 is 18.4 Å². The van der Waals surface area contributed by atoms with Crippen molar-refractivity contribution in [3.8, 4) is 22.9 Å². The molecular formula is C43H53F3N8O4. The Balaban J connectivity index is 1.23. The molecule has 310 valence electrons. The molecule has 1 unspecified atom stereocenters. The highest BCUT2D eigenvalue weighted by atomic mass is 19.4. The third kappa shape index (κ3) is 7.89. The van der Waals surface area contributed by atoms with Crippen molar-refractivity contribution >= 4 is 33.7 Å². The Morgan fingerprint density at radius 1 is 1.07 bits per heavy atom. The van der Waals surface area contributed by atoms with E-state index in [2.05, 4.69) is 21.9 Å². The number of nitrogens with zero attached hydrogens (tertiary/aromatic N) is 8. The van der Waals surface area contributed by atoms with Crippen molar-refractivity contribution in [1.29, 1.82) is 5.26 Å². The number of amides is 1. The lowest BCUT2D eigenvalue weighted by Crippen LogP contribution is -2.62. The number of carbonyl (C=O) groups is 1. The number of benzene rings is 2. The summed E-state index contributed by atoms with van der Waals surface area (Å²) >= 11 is 0. The Hall–Kier alpha value is -4.68. The zero-order chi connectivity index (χ0) is 41.0. The quantitative estimate of drug-likeness (QED) is 0.163. The molecule has 0 saturated carbocycles. The second-order valence-corrected chi connectivity index (χ2v) is 17.6. The smallest absolute Gasteiger partial charge is 0.422 e. The first-order valence-corrected chi connectivity index (χ1v) is 20.6. The predicted octanol–water partition coefficient (Wildman–Crippen LogP) is 8.31. The SMILES string of the molecule is CCc1cc2c(N3CCC4(CC3)CN(C(=O)OC(C)(C)C)C4)nc(C3CN(CCC#N)C3)nc2c(OCC(F)(F)F)c1-c1c(C)ccc2c1cnn2C1CCCCO1. The highest BCUT2D eigenvalue weighted by Crippen LogP contribution is 2.48. The van der Waals surface area contributed by atoms with E-state index in [0.29, 0.717) is 93.4 Å². The number of nitriles is 1. The molecule has 4 aliphatic heterocycles. The summed E-state index contributed by atoms with van der Waals surface area (Å²) in [7, 11) is 0. The molecule has 2 aromatic carbocycles. The molecule has 4 aliphatic rings. The summed E-state index contributed by atoms with van der Waals surface area (Å²) < 4.78 is 62.2. The van der Waals surface area contributed by atoms with E-state index in [0.717, 1.165) is 59.7 Å². The number of ether oxygens (including phenoxy) is 3. The molecule has 4 aromatic rings. The van der Waals surface area contributed by atoms with Gasteiger partial charge in [0.25, 0.3) is 0 Å². The van der Waals surface area contributed by atoms with E-state index in [1.807, 2.05) is 51.4 Å². The summed E-state index contributed by atoms with van der Waals surface area (Å²) in [5, 5.41) is 15.4. The van der Waals surface area contributed by atoms with Crippen LogP contribution in [0.15, 0.2) is 24.4 Å². The summed E-state index contributed by atoms with van der Waals surface area (Å²) in [4.78, 5) is 29.3. The fourth-order valence-electron chi connectivity index (χ4n) is 9.12.